The van der Waals surface area contributed by atoms with Crippen molar-refractivity contribution in [2.24, 2.45) is 5.92 Å². The van der Waals surface area contributed by atoms with Crippen LogP contribution in [0, 0.1) is 5.92 Å². The molecule has 1 aliphatic heterocycles. The average molecular weight is 412 g/mol. The van der Waals surface area contributed by atoms with Gasteiger partial charge in [0.2, 0.25) is 5.95 Å². The fourth-order valence-corrected chi connectivity index (χ4v) is 4.24. The maximum absolute atomic E-state index is 12.7. The number of rotatable bonds is 4. The Labute approximate surface area is 182 Å². The van der Waals surface area contributed by atoms with Crippen molar-refractivity contribution < 1.29 is 4.79 Å². The van der Waals surface area contributed by atoms with Crippen LogP contribution in [0.25, 0.3) is 6.08 Å². The van der Waals surface area contributed by atoms with E-state index >= 15 is 0 Å². The molecule has 6 nitrogen and oxygen atoms in total. The summed E-state index contributed by atoms with van der Waals surface area (Å²) in [6, 6.07) is 16.2. The number of ketones is 1. The molecule has 1 saturated heterocycles. The van der Waals surface area contributed by atoms with E-state index < -0.39 is 0 Å². The number of piperazine rings is 1. The Bertz CT molecular complexity index is 1080. The molecule has 0 radical (unpaired) electrons. The van der Waals surface area contributed by atoms with Gasteiger partial charge >= 0.3 is 0 Å². The predicted molar refractivity (Wildman–Crippen MR) is 122 cm³/mol. The van der Waals surface area contributed by atoms with E-state index in [2.05, 4.69) is 44.1 Å². The number of benzene rings is 1. The molecule has 0 N–H and O–H groups in total. The topological polar surface area (TPSA) is 62.2 Å². The Hall–Kier alpha value is -3.54. The molecule has 1 atom stereocenters. The van der Waals surface area contributed by atoms with E-state index in [1.807, 2.05) is 42.6 Å². The first-order valence-electron chi connectivity index (χ1n) is 10.8. The van der Waals surface area contributed by atoms with Gasteiger partial charge in [0.15, 0.2) is 5.78 Å². The van der Waals surface area contributed by atoms with E-state index in [1.54, 1.807) is 6.20 Å². The highest BCUT2D eigenvalue weighted by atomic mass is 16.1. The normalized spacial score (nSPS) is 19.0. The van der Waals surface area contributed by atoms with Crippen molar-refractivity contribution >= 4 is 23.6 Å². The lowest BCUT2D eigenvalue weighted by Gasteiger charge is -2.35. The third-order valence-corrected chi connectivity index (χ3v) is 5.95. The van der Waals surface area contributed by atoms with Gasteiger partial charge in [0, 0.05) is 45.0 Å². The van der Waals surface area contributed by atoms with E-state index in [0.717, 1.165) is 55.6 Å². The molecule has 1 fully saturated rings. The molecule has 1 aromatic carbocycles. The number of aromatic nitrogens is 3. The Kier molecular flexibility index (Phi) is 5.44. The molecule has 3 heterocycles. The number of Topliss-reactive ketones (excluding diaryl/α,β-unsaturated/α-hetero) is 1. The van der Waals surface area contributed by atoms with Crippen LogP contribution in [0.1, 0.15) is 28.0 Å². The second-order valence-corrected chi connectivity index (χ2v) is 8.05. The summed E-state index contributed by atoms with van der Waals surface area (Å²) in [5, 5.41) is 0. The summed E-state index contributed by atoms with van der Waals surface area (Å²) in [5.41, 5.74) is 2.70. The lowest BCUT2D eigenvalue weighted by molar-refractivity contribution is 0.0957. The Morgan fingerprint density at radius 3 is 2.42 bits per heavy atom. The maximum atomic E-state index is 12.7. The number of pyridine rings is 1. The molecule has 0 bridgehead atoms. The second kappa shape index (κ2) is 8.68. The van der Waals surface area contributed by atoms with Gasteiger partial charge in [0.05, 0.1) is 11.3 Å². The smallest absolute Gasteiger partial charge is 0.225 e. The zero-order valence-corrected chi connectivity index (χ0v) is 17.4. The van der Waals surface area contributed by atoms with Gasteiger partial charge in [-0.2, -0.15) is 0 Å². The molecule has 5 rings (SSSR count). The largest absolute Gasteiger partial charge is 0.353 e. The number of hydrogen-bond donors (Lipinski definition) is 0. The standard InChI is InChI=1S/C25H25N5O/c31-23-17-20(10-9-19-6-2-1-3-7-19)16-22-21(23)18-27-25(28-22)30-14-12-29(13-15-30)24-8-4-5-11-26-24/h1-11,18,20H,12-17H2/b10-9+/t20-/m1/s1. The molecule has 0 saturated carbocycles. The van der Waals surface area contributed by atoms with Crippen molar-refractivity contribution in [1.82, 2.24) is 15.0 Å². The zero-order chi connectivity index (χ0) is 21.0. The molecule has 6 heteroatoms. The van der Waals surface area contributed by atoms with Gasteiger partial charge in [-0.15, -0.1) is 0 Å². The zero-order valence-electron chi connectivity index (χ0n) is 17.4. The summed E-state index contributed by atoms with van der Waals surface area (Å²) in [6.07, 6.45) is 9.08. The predicted octanol–water partition coefficient (Wildman–Crippen LogP) is 3.66. The lowest BCUT2D eigenvalue weighted by Crippen LogP contribution is -2.47. The van der Waals surface area contributed by atoms with Crippen molar-refractivity contribution in [1.29, 1.82) is 0 Å². The number of allylic oxidation sites excluding steroid dienone is 1. The molecule has 31 heavy (non-hydrogen) atoms. The summed E-state index contributed by atoms with van der Waals surface area (Å²) in [7, 11) is 0. The van der Waals surface area contributed by atoms with Crippen molar-refractivity contribution in [3.05, 3.63) is 83.8 Å². The molecule has 2 aromatic heterocycles. The Morgan fingerprint density at radius 1 is 0.871 bits per heavy atom. The number of carbonyl (C=O) groups is 1. The minimum Gasteiger partial charge on any atom is -0.353 e. The number of hydrogen-bond acceptors (Lipinski definition) is 6. The molecular formula is C25H25N5O. The fourth-order valence-electron chi connectivity index (χ4n) is 4.24. The highest BCUT2D eigenvalue weighted by Crippen LogP contribution is 2.27. The molecule has 0 spiro atoms. The number of nitrogens with zero attached hydrogens (tertiary/aromatic N) is 5. The molecule has 0 amide bonds. The first-order valence-corrected chi connectivity index (χ1v) is 10.8. The highest BCUT2D eigenvalue weighted by molar-refractivity contribution is 5.98. The number of fused-ring (bicyclic) bond motifs is 1. The van der Waals surface area contributed by atoms with Gasteiger partial charge in [-0.3, -0.25) is 4.79 Å². The van der Waals surface area contributed by atoms with Gasteiger partial charge < -0.3 is 9.80 Å². The minimum atomic E-state index is 0.135. The first kappa shape index (κ1) is 19.4. The quantitative estimate of drug-likeness (QED) is 0.653. The number of carbonyl (C=O) groups excluding carboxylic acids is 1. The molecular weight excluding hydrogens is 386 g/mol. The molecule has 0 unspecified atom stereocenters. The van der Waals surface area contributed by atoms with Crippen LogP contribution in [0.2, 0.25) is 0 Å². The van der Waals surface area contributed by atoms with E-state index in [9.17, 15) is 4.79 Å². The van der Waals surface area contributed by atoms with E-state index in [4.69, 9.17) is 4.98 Å². The van der Waals surface area contributed by atoms with Crippen LogP contribution in [0.4, 0.5) is 11.8 Å². The Balaban J connectivity index is 1.28. The van der Waals surface area contributed by atoms with Crippen LogP contribution in [-0.2, 0) is 6.42 Å². The maximum Gasteiger partial charge on any atom is 0.225 e. The third kappa shape index (κ3) is 4.33. The van der Waals surface area contributed by atoms with Crippen LogP contribution in [0.3, 0.4) is 0 Å². The summed E-state index contributed by atoms with van der Waals surface area (Å²) in [6.45, 7) is 3.42. The van der Waals surface area contributed by atoms with Crippen molar-refractivity contribution in [2.45, 2.75) is 12.8 Å². The van der Waals surface area contributed by atoms with Crippen LogP contribution in [0.5, 0.6) is 0 Å². The SMILES string of the molecule is O=C1C[C@H](/C=C/c2ccccc2)Cc2nc(N3CCN(c4ccccn4)CC3)ncc21. The fraction of sp³-hybridized carbons (Fsp3) is 0.280. The van der Waals surface area contributed by atoms with Crippen molar-refractivity contribution in [3.63, 3.8) is 0 Å². The summed E-state index contributed by atoms with van der Waals surface area (Å²) < 4.78 is 0. The van der Waals surface area contributed by atoms with Crippen LogP contribution in [-0.4, -0.2) is 46.9 Å². The highest BCUT2D eigenvalue weighted by Gasteiger charge is 2.27. The van der Waals surface area contributed by atoms with Crippen LogP contribution >= 0.6 is 0 Å². The van der Waals surface area contributed by atoms with Gasteiger partial charge in [-0.25, -0.2) is 15.0 Å². The number of anilines is 2. The van der Waals surface area contributed by atoms with Crippen LogP contribution in [0.15, 0.2) is 67.0 Å². The van der Waals surface area contributed by atoms with Gasteiger partial charge in [-0.05, 0) is 30.0 Å². The molecule has 3 aromatic rings. The molecule has 156 valence electrons. The summed E-state index contributed by atoms with van der Waals surface area (Å²) in [4.78, 5) is 30.9. The monoisotopic (exact) mass is 411 g/mol. The van der Waals surface area contributed by atoms with E-state index in [1.165, 1.54) is 0 Å². The lowest BCUT2D eigenvalue weighted by atomic mass is 9.86. The van der Waals surface area contributed by atoms with E-state index in [-0.39, 0.29) is 11.7 Å². The Morgan fingerprint density at radius 2 is 1.65 bits per heavy atom. The van der Waals surface area contributed by atoms with Gasteiger partial charge in [0.25, 0.3) is 0 Å². The summed E-state index contributed by atoms with van der Waals surface area (Å²) in [5.74, 6) is 2.03. The average Bonchev–Trinajstić information content (AvgIpc) is 2.84. The molecule has 1 aliphatic carbocycles. The third-order valence-electron chi connectivity index (χ3n) is 5.95. The minimum absolute atomic E-state index is 0.135. The van der Waals surface area contributed by atoms with Gasteiger partial charge in [-0.1, -0.05) is 48.6 Å². The van der Waals surface area contributed by atoms with Crippen LogP contribution < -0.4 is 9.80 Å². The van der Waals surface area contributed by atoms with Gasteiger partial charge in [0.1, 0.15) is 5.82 Å². The second-order valence-electron chi connectivity index (χ2n) is 8.05. The summed E-state index contributed by atoms with van der Waals surface area (Å²) >= 11 is 0. The van der Waals surface area contributed by atoms with E-state index in [0.29, 0.717) is 12.0 Å². The molecule has 2 aliphatic rings. The van der Waals surface area contributed by atoms with Crippen molar-refractivity contribution in [2.75, 3.05) is 36.0 Å². The van der Waals surface area contributed by atoms with Crippen molar-refractivity contribution in [3.8, 4) is 0 Å². The first-order chi connectivity index (χ1) is 15.3.